The van der Waals surface area contributed by atoms with Gasteiger partial charge in [0.2, 0.25) is 0 Å². The van der Waals surface area contributed by atoms with Crippen LogP contribution in [0.5, 0.6) is 11.5 Å². The first-order valence-corrected chi connectivity index (χ1v) is 10.2. The van der Waals surface area contributed by atoms with E-state index in [1.165, 1.54) is 11.1 Å². The number of ether oxygens (including phenoxy) is 2. The number of halogens is 1. The first-order valence-electron chi connectivity index (χ1n) is 10.2. The summed E-state index contributed by atoms with van der Waals surface area (Å²) in [6, 6.07) is 11.7. The van der Waals surface area contributed by atoms with Crippen molar-refractivity contribution < 1.29 is 18.7 Å². The number of nitrogens with zero attached hydrogens (tertiary/aromatic N) is 3. The number of methoxy groups -OCH3 is 2. The molecule has 158 valence electrons. The number of carbonyl (C=O) groups is 1. The molecule has 0 spiro atoms. The molecule has 4 rings (SSSR count). The van der Waals surface area contributed by atoms with Crippen molar-refractivity contribution in [1.29, 1.82) is 0 Å². The molecule has 2 aromatic carbocycles. The Morgan fingerprint density at radius 2 is 1.90 bits per heavy atom. The van der Waals surface area contributed by atoms with Crippen LogP contribution in [0.1, 0.15) is 36.4 Å². The first kappa shape index (κ1) is 20.3. The average Bonchev–Trinajstić information content (AvgIpc) is 3.43. The van der Waals surface area contributed by atoms with Crippen LogP contribution in [0.15, 0.2) is 47.6 Å². The summed E-state index contributed by atoms with van der Waals surface area (Å²) < 4.78 is 25.3. The molecular weight excluding hydrogens is 385 g/mol. The van der Waals surface area contributed by atoms with Gasteiger partial charge in [0.25, 0.3) is 5.91 Å². The number of rotatable bonds is 6. The number of hydrogen-bond donors (Lipinski definition) is 0. The lowest BCUT2D eigenvalue weighted by atomic mass is 9.97. The maximum Gasteiger partial charge on any atom is 0.257 e. The third kappa shape index (κ3) is 4.03. The van der Waals surface area contributed by atoms with Crippen molar-refractivity contribution in [2.75, 3.05) is 33.9 Å². The van der Waals surface area contributed by atoms with E-state index in [-0.39, 0.29) is 17.8 Å². The summed E-state index contributed by atoms with van der Waals surface area (Å²) in [5, 5.41) is 6.09. The van der Waals surface area contributed by atoms with Crippen LogP contribution < -0.4 is 9.47 Å². The number of hydrogen-bond acceptors (Lipinski definition) is 5. The first-order chi connectivity index (χ1) is 14.6. The molecule has 2 aliphatic heterocycles. The van der Waals surface area contributed by atoms with Crippen molar-refractivity contribution in [2.24, 2.45) is 5.10 Å². The average molecular weight is 411 g/mol. The molecule has 0 saturated carbocycles. The molecule has 0 bridgehead atoms. The Kier molecular flexibility index (Phi) is 5.99. The summed E-state index contributed by atoms with van der Waals surface area (Å²) in [5.41, 5.74) is 1.81. The second kappa shape index (κ2) is 8.83. The minimum absolute atomic E-state index is 0.0916. The van der Waals surface area contributed by atoms with Gasteiger partial charge in [0, 0.05) is 23.6 Å². The molecule has 2 aromatic rings. The molecule has 1 atom stereocenters. The lowest BCUT2D eigenvalue weighted by molar-refractivity contribution is -0.134. The van der Waals surface area contributed by atoms with E-state index in [9.17, 15) is 9.18 Å². The molecule has 0 radical (unpaired) electrons. The number of carbonyl (C=O) groups excluding carboxylic acids is 1. The van der Waals surface area contributed by atoms with Crippen LogP contribution in [0, 0.1) is 5.82 Å². The van der Waals surface area contributed by atoms with Crippen molar-refractivity contribution in [2.45, 2.75) is 25.3 Å². The summed E-state index contributed by atoms with van der Waals surface area (Å²) in [6.45, 7) is 2.14. The topological polar surface area (TPSA) is 54.4 Å². The highest BCUT2D eigenvalue weighted by molar-refractivity contribution is 6.03. The van der Waals surface area contributed by atoms with Crippen LogP contribution in [0.3, 0.4) is 0 Å². The quantitative estimate of drug-likeness (QED) is 0.729. The Balaban J connectivity index is 1.69. The molecule has 0 N–H and O–H groups in total. The third-order valence-corrected chi connectivity index (χ3v) is 5.71. The predicted molar refractivity (Wildman–Crippen MR) is 112 cm³/mol. The largest absolute Gasteiger partial charge is 0.497 e. The summed E-state index contributed by atoms with van der Waals surface area (Å²) in [4.78, 5) is 15.3. The molecular formula is C23H26FN3O3. The molecule has 1 unspecified atom stereocenters. The van der Waals surface area contributed by atoms with E-state index in [1.54, 1.807) is 38.5 Å². The maximum atomic E-state index is 14.4. The molecule has 2 aliphatic rings. The zero-order valence-electron chi connectivity index (χ0n) is 17.3. The van der Waals surface area contributed by atoms with Gasteiger partial charge in [0.15, 0.2) is 0 Å². The van der Waals surface area contributed by atoms with Crippen molar-refractivity contribution >= 4 is 11.6 Å². The highest BCUT2D eigenvalue weighted by atomic mass is 19.1. The fraction of sp³-hybridized carbons (Fsp3) is 0.391. The van der Waals surface area contributed by atoms with Gasteiger partial charge in [-0.15, -0.1) is 0 Å². The fourth-order valence-electron chi connectivity index (χ4n) is 4.14. The molecule has 0 aromatic heterocycles. The van der Waals surface area contributed by atoms with Crippen LogP contribution >= 0.6 is 0 Å². The Labute approximate surface area is 175 Å². The molecule has 30 heavy (non-hydrogen) atoms. The molecule has 1 amide bonds. The molecule has 6 nitrogen and oxygen atoms in total. The zero-order valence-corrected chi connectivity index (χ0v) is 17.3. The standard InChI is InChI=1S/C23H26FN3O3/c1-29-16-9-10-18(22(13-16)30-2)21-14-20(17-7-3-4-8-19(17)24)25-27(21)23(28)15-26-11-5-6-12-26/h3-4,7-10,13,21H,5-6,11-12,14-15H2,1-2H3. The van der Waals surface area contributed by atoms with Crippen molar-refractivity contribution in [3.05, 3.63) is 59.4 Å². The van der Waals surface area contributed by atoms with Gasteiger partial charge >= 0.3 is 0 Å². The molecule has 0 aliphatic carbocycles. The van der Waals surface area contributed by atoms with Gasteiger partial charge < -0.3 is 9.47 Å². The van der Waals surface area contributed by atoms with Crippen LogP contribution in [0.25, 0.3) is 0 Å². The fourth-order valence-corrected chi connectivity index (χ4v) is 4.14. The van der Waals surface area contributed by atoms with Crippen LogP contribution in [-0.4, -0.2) is 55.4 Å². The molecule has 2 heterocycles. The van der Waals surface area contributed by atoms with Crippen LogP contribution in [-0.2, 0) is 4.79 Å². The second-order valence-electron chi connectivity index (χ2n) is 7.58. The highest BCUT2D eigenvalue weighted by Crippen LogP contribution is 2.39. The van der Waals surface area contributed by atoms with Gasteiger partial charge in [0.05, 0.1) is 32.5 Å². The van der Waals surface area contributed by atoms with Crippen LogP contribution in [0.2, 0.25) is 0 Å². The van der Waals surface area contributed by atoms with E-state index < -0.39 is 0 Å². The number of hydrazone groups is 1. The smallest absolute Gasteiger partial charge is 0.257 e. The Morgan fingerprint density at radius 3 is 2.60 bits per heavy atom. The van der Waals surface area contributed by atoms with Gasteiger partial charge in [-0.1, -0.05) is 18.2 Å². The van der Waals surface area contributed by atoms with Crippen molar-refractivity contribution in [3.63, 3.8) is 0 Å². The van der Waals surface area contributed by atoms with Gasteiger partial charge in [-0.2, -0.15) is 5.10 Å². The van der Waals surface area contributed by atoms with E-state index in [0.717, 1.165) is 31.5 Å². The summed E-state index contributed by atoms with van der Waals surface area (Å²) in [6.07, 6.45) is 2.62. The third-order valence-electron chi connectivity index (χ3n) is 5.71. The SMILES string of the molecule is COc1ccc(C2CC(c3ccccc3F)=NN2C(=O)CN2CCCC2)c(OC)c1. The Morgan fingerprint density at radius 1 is 1.13 bits per heavy atom. The van der Waals surface area contributed by atoms with E-state index in [1.807, 2.05) is 12.1 Å². The number of amides is 1. The normalized spacial score (nSPS) is 19.1. The summed E-state index contributed by atoms with van der Waals surface area (Å²) in [7, 11) is 3.18. The lowest BCUT2D eigenvalue weighted by Crippen LogP contribution is -2.37. The van der Waals surface area contributed by atoms with Crippen molar-refractivity contribution in [1.82, 2.24) is 9.91 Å². The van der Waals surface area contributed by atoms with Gasteiger partial charge in [-0.3, -0.25) is 9.69 Å². The number of benzene rings is 2. The minimum Gasteiger partial charge on any atom is -0.497 e. The zero-order chi connectivity index (χ0) is 21.1. The van der Waals surface area contributed by atoms with E-state index in [4.69, 9.17) is 9.47 Å². The molecule has 1 fully saturated rings. The highest BCUT2D eigenvalue weighted by Gasteiger charge is 2.36. The predicted octanol–water partition coefficient (Wildman–Crippen LogP) is 3.62. The maximum absolute atomic E-state index is 14.4. The Hall–Kier alpha value is -2.93. The number of likely N-dealkylation sites (tertiary alicyclic amines) is 1. The summed E-state index contributed by atoms with van der Waals surface area (Å²) >= 11 is 0. The molecule has 7 heteroatoms. The van der Waals surface area contributed by atoms with E-state index >= 15 is 0 Å². The van der Waals surface area contributed by atoms with Crippen LogP contribution in [0.4, 0.5) is 4.39 Å². The van der Waals surface area contributed by atoms with E-state index in [2.05, 4.69) is 10.0 Å². The monoisotopic (exact) mass is 411 g/mol. The lowest BCUT2D eigenvalue weighted by Gasteiger charge is -2.25. The van der Waals surface area contributed by atoms with Gasteiger partial charge in [-0.05, 0) is 44.1 Å². The second-order valence-corrected chi connectivity index (χ2v) is 7.58. The Bertz CT molecular complexity index is 956. The van der Waals surface area contributed by atoms with Gasteiger partial charge in [-0.25, -0.2) is 9.40 Å². The molecule has 1 saturated heterocycles. The minimum atomic E-state index is -0.365. The van der Waals surface area contributed by atoms with Crippen molar-refractivity contribution in [3.8, 4) is 11.5 Å². The van der Waals surface area contributed by atoms with Gasteiger partial charge in [0.1, 0.15) is 17.3 Å². The summed E-state index contributed by atoms with van der Waals surface area (Å²) in [5.74, 6) is 0.846. The van der Waals surface area contributed by atoms with E-state index in [0.29, 0.717) is 35.7 Å².